The maximum Gasteiger partial charge on any atom is 0.271 e. The summed E-state index contributed by atoms with van der Waals surface area (Å²) in [6.07, 6.45) is 2.46. The quantitative estimate of drug-likeness (QED) is 0.619. The van der Waals surface area contributed by atoms with Crippen molar-refractivity contribution in [3.8, 4) is 11.1 Å². The van der Waals surface area contributed by atoms with Gasteiger partial charge in [0.25, 0.3) is 5.91 Å². The average Bonchev–Trinajstić information content (AvgIpc) is 3.45. The minimum Gasteiger partial charge on any atom is -0.353 e. The van der Waals surface area contributed by atoms with E-state index < -0.39 is 5.41 Å². The molecule has 7 heteroatoms. The molecular weight excluding hydrogens is 407 g/mol. The predicted octanol–water partition coefficient (Wildman–Crippen LogP) is 3.82. The first-order valence-electron chi connectivity index (χ1n) is 10.8. The van der Waals surface area contributed by atoms with E-state index in [1.54, 1.807) is 29.2 Å². The minimum atomic E-state index is -0.804. The fourth-order valence-corrected chi connectivity index (χ4v) is 4.40. The molecule has 166 valence electrons. The third-order valence-corrected chi connectivity index (χ3v) is 5.98. The van der Waals surface area contributed by atoms with Crippen molar-refractivity contribution in [2.24, 2.45) is 5.41 Å². The molecule has 1 saturated heterocycles. The second kappa shape index (κ2) is 8.94. The smallest absolute Gasteiger partial charge is 0.271 e. The number of hydrogen-bond donors (Lipinski definition) is 2. The molecule has 6 nitrogen and oxygen atoms in total. The van der Waals surface area contributed by atoms with Gasteiger partial charge in [0.15, 0.2) is 0 Å². The summed E-state index contributed by atoms with van der Waals surface area (Å²) in [6.45, 7) is 4.59. The first-order valence-corrected chi connectivity index (χ1v) is 10.8. The number of carbonyl (C=O) groups excluding carboxylic acids is 2. The van der Waals surface area contributed by atoms with Gasteiger partial charge in [-0.15, -0.1) is 0 Å². The van der Waals surface area contributed by atoms with Crippen LogP contribution >= 0.6 is 0 Å². The summed E-state index contributed by atoms with van der Waals surface area (Å²) in [5.41, 5.74) is 1.75. The van der Waals surface area contributed by atoms with Crippen LogP contribution in [0.1, 0.15) is 36.3 Å². The van der Waals surface area contributed by atoms with E-state index in [1.807, 2.05) is 38.1 Å². The van der Waals surface area contributed by atoms with Gasteiger partial charge >= 0.3 is 0 Å². The molecule has 2 amide bonds. The number of aromatic amines is 1. The lowest BCUT2D eigenvalue weighted by atomic mass is 9.78. The summed E-state index contributed by atoms with van der Waals surface area (Å²) < 4.78 is 14.6. The Hall–Kier alpha value is -3.48. The number of rotatable bonds is 6. The third-order valence-electron chi connectivity index (χ3n) is 5.98. The standard InChI is InChI=1S/C25H27FN4O2/c1-17(2)28-24(32)25(12-14-30(16-25)23(31)22-11-13-27-29-22)15-18-7-3-4-8-19(18)20-9-5-6-10-21(20)26/h3-11,13,17H,12,14-16H2,1-2H3,(H,27,29)(H,28,32)/t25-/m0/s1. The molecule has 2 aromatic carbocycles. The monoisotopic (exact) mass is 434 g/mol. The predicted molar refractivity (Wildman–Crippen MR) is 120 cm³/mol. The normalized spacial score (nSPS) is 18.2. The molecule has 0 unspecified atom stereocenters. The third kappa shape index (κ3) is 4.28. The van der Waals surface area contributed by atoms with Crippen LogP contribution in [0, 0.1) is 11.2 Å². The van der Waals surface area contributed by atoms with E-state index in [4.69, 9.17) is 0 Å². The van der Waals surface area contributed by atoms with Crippen molar-refractivity contribution < 1.29 is 14.0 Å². The largest absolute Gasteiger partial charge is 0.353 e. The van der Waals surface area contributed by atoms with Crippen molar-refractivity contribution >= 4 is 11.8 Å². The van der Waals surface area contributed by atoms with Gasteiger partial charge in [-0.3, -0.25) is 14.7 Å². The van der Waals surface area contributed by atoms with E-state index in [0.717, 1.165) is 11.1 Å². The highest BCUT2D eigenvalue weighted by molar-refractivity contribution is 5.94. The molecule has 2 heterocycles. The number of nitrogens with zero attached hydrogens (tertiary/aromatic N) is 2. The van der Waals surface area contributed by atoms with E-state index in [2.05, 4.69) is 15.5 Å². The maximum atomic E-state index is 14.6. The Morgan fingerprint density at radius 1 is 1.12 bits per heavy atom. The van der Waals surface area contributed by atoms with E-state index >= 15 is 0 Å². The van der Waals surface area contributed by atoms with E-state index in [-0.39, 0.29) is 30.2 Å². The lowest BCUT2D eigenvalue weighted by Gasteiger charge is -2.30. The zero-order valence-electron chi connectivity index (χ0n) is 18.3. The van der Waals surface area contributed by atoms with Crippen LogP contribution in [0.25, 0.3) is 11.1 Å². The number of nitrogens with one attached hydrogen (secondary N) is 2. The van der Waals surface area contributed by atoms with Crippen molar-refractivity contribution in [2.75, 3.05) is 13.1 Å². The Bertz CT molecular complexity index is 1110. The van der Waals surface area contributed by atoms with Crippen molar-refractivity contribution in [1.82, 2.24) is 20.4 Å². The number of aromatic nitrogens is 2. The molecule has 0 spiro atoms. The number of halogens is 1. The number of carbonyl (C=O) groups is 2. The first-order chi connectivity index (χ1) is 15.4. The SMILES string of the molecule is CC(C)NC(=O)[C@]1(Cc2ccccc2-c2ccccc2F)CCN(C(=O)c2ccn[nH]2)C1. The van der Waals surface area contributed by atoms with Crippen LogP contribution in [-0.4, -0.2) is 46.0 Å². The lowest BCUT2D eigenvalue weighted by molar-refractivity contribution is -0.130. The molecule has 1 aliphatic rings. The van der Waals surface area contributed by atoms with Crippen LogP contribution in [0.15, 0.2) is 60.8 Å². The summed E-state index contributed by atoms with van der Waals surface area (Å²) in [4.78, 5) is 28.0. The fourth-order valence-electron chi connectivity index (χ4n) is 4.40. The molecule has 3 aromatic rings. The number of likely N-dealkylation sites (tertiary alicyclic amines) is 1. The summed E-state index contributed by atoms with van der Waals surface area (Å²) in [5, 5.41) is 9.60. The highest BCUT2D eigenvalue weighted by atomic mass is 19.1. The van der Waals surface area contributed by atoms with Gasteiger partial charge in [0.05, 0.1) is 5.41 Å². The zero-order chi connectivity index (χ0) is 22.7. The molecule has 2 N–H and O–H groups in total. The number of amides is 2. The Labute approximate surface area is 186 Å². The topological polar surface area (TPSA) is 78.1 Å². The molecule has 1 fully saturated rings. The summed E-state index contributed by atoms with van der Waals surface area (Å²) >= 11 is 0. The molecule has 0 aliphatic carbocycles. The van der Waals surface area contributed by atoms with Crippen molar-refractivity contribution in [3.63, 3.8) is 0 Å². The molecule has 0 saturated carbocycles. The van der Waals surface area contributed by atoms with Gasteiger partial charge in [-0.1, -0.05) is 42.5 Å². The summed E-state index contributed by atoms with van der Waals surface area (Å²) in [5.74, 6) is -0.567. The van der Waals surface area contributed by atoms with Crippen LogP contribution in [-0.2, 0) is 11.2 Å². The van der Waals surface area contributed by atoms with Gasteiger partial charge < -0.3 is 10.2 Å². The van der Waals surface area contributed by atoms with Gasteiger partial charge in [-0.25, -0.2) is 4.39 Å². The van der Waals surface area contributed by atoms with Crippen molar-refractivity contribution in [2.45, 2.75) is 32.7 Å². The van der Waals surface area contributed by atoms with Gasteiger partial charge in [0, 0.05) is 30.9 Å². The Kier molecular flexibility index (Phi) is 6.08. The van der Waals surface area contributed by atoms with E-state index in [0.29, 0.717) is 30.6 Å². The van der Waals surface area contributed by atoms with Crippen LogP contribution in [0.4, 0.5) is 4.39 Å². The molecule has 0 radical (unpaired) electrons. The fraction of sp³-hybridized carbons (Fsp3) is 0.320. The summed E-state index contributed by atoms with van der Waals surface area (Å²) in [7, 11) is 0. The van der Waals surface area contributed by atoms with Crippen LogP contribution in [0.2, 0.25) is 0 Å². The molecule has 4 rings (SSSR count). The lowest BCUT2D eigenvalue weighted by Crippen LogP contribution is -2.47. The molecule has 1 aromatic heterocycles. The molecule has 0 bridgehead atoms. The zero-order valence-corrected chi connectivity index (χ0v) is 18.3. The van der Waals surface area contributed by atoms with Gasteiger partial charge in [0.1, 0.15) is 11.5 Å². The van der Waals surface area contributed by atoms with Gasteiger partial charge in [-0.2, -0.15) is 5.10 Å². The highest BCUT2D eigenvalue weighted by Crippen LogP contribution is 2.38. The Balaban J connectivity index is 1.69. The molecule has 32 heavy (non-hydrogen) atoms. The second-order valence-corrected chi connectivity index (χ2v) is 8.67. The Morgan fingerprint density at radius 2 is 1.84 bits per heavy atom. The molecule has 1 atom stereocenters. The Morgan fingerprint density at radius 3 is 2.53 bits per heavy atom. The average molecular weight is 435 g/mol. The maximum absolute atomic E-state index is 14.6. The second-order valence-electron chi connectivity index (χ2n) is 8.67. The summed E-state index contributed by atoms with van der Waals surface area (Å²) in [6, 6.07) is 15.8. The van der Waals surface area contributed by atoms with Crippen LogP contribution in [0.3, 0.4) is 0 Å². The van der Waals surface area contributed by atoms with Gasteiger partial charge in [0.2, 0.25) is 5.91 Å². The number of benzene rings is 2. The van der Waals surface area contributed by atoms with E-state index in [9.17, 15) is 14.0 Å². The van der Waals surface area contributed by atoms with E-state index in [1.165, 1.54) is 12.3 Å². The number of hydrogen-bond acceptors (Lipinski definition) is 3. The first kappa shape index (κ1) is 21.7. The minimum absolute atomic E-state index is 0.0291. The molecular formula is C25H27FN4O2. The number of H-pyrrole nitrogens is 1. The van der Waals surface area contributed by atoms with Crippen LogP contribution in [0.5, 0.6) is 0 Å². The van der Waals surface area contributed by atoms with Crippen molar-refractivity contribution in [3.05, 3.63) is 77.9 Å². The highest BCUT2D eigenvalue weighted by Gasteiger charge is 2.46. The van der Waals surface area contributed by atoms with Crippen molar-refractivity contribution in [1.29, 1.82) is 0 Å². The molecule has 1 aliphatic heterocycles. The van der Waals surface area contributed by atoms with Gasteiger partial charge in [-0.05, 0) is 49.9 Å². The van der Waals surface area contributed by atoms with Crippen LogP contribution < -0.4 is 5.32 Å².